The first kappa shape index (κ1) is 14.4. The van der Waals surface area contributed by atoms with E-state index >= 15 is 0 Å². The molecule has 7 nitrogen and oxygen atoms in total. The highest BCUT2D eigenvalue weighted by Crippen LogP contribution is 2.36. The Morgan fingerprint density at radius 2 is 2.21 bits per heavy atom. The maximum Gasteiger partial charge on any atom is 0.168 e. The van der Waals surface area contributed by atoms with Gasteiger partial charge in [0.15, 0.2) is 5.82 Å². The molecule has 1 aliphatic carbocycles. The molecule has 0 aromatic carbocycles. The Bertz CT molecular complexity index is 386. The van der Waals surface area contributed by atoms with E-state index in [2.05, 4.69) is 27.8 Å². The van der Waals surface area contributed by atoms with Crippen molar-refractivity contribution in [3.05, 3.63) is 5.82 Å². The monoisotopic (exact) mass is 269 g/mol. The van der Waals surface area contributed by atoms with Crippen LogP contribution >= 0.6 is 0 Å². The van der Waals surface area contributed by atoms with Crippen LogP contribution in [-0.2, 0) is 16.0 Å². The zero-order valence-corrected chi connectivity index (χ0v) is 11.9. The van der Waals surface area contributed by atoms with Crippen molar-refractivity contribution in [2.24, 2.45) is 0 Å². The largest absolute Gasteiger partial charge is 0.383 e. The predicted molar refractivity (Wildman–Crippen MR) is 69.7 cm³/mol. The van der Waals surface area contributed by atoms with Crippen molar-refractivity contribution in [2.45, 2.75) is 44.4 Å². The van der Waals surface area contributed by atoms with Gasteiger partial charge in [-0.15, -0.1) is 5.10 Å². The molecule has 0 spiro atoms. The molecule has 1 saturated carbocycles. The van der Waals surface area contributed by atoms with E-state index in [4.69, 9.17) is 9.47 Å². The third-order valence-electron chi connectivity index (χ3n) is 3.84. The van der Waals surface area contributed by atoms with Gasteiger partial charge in [-0.3, -0.25) is 0 Å². The number of rotatable bonds is 8. The van der Waals surface area contributed by atoms with E-state index in [1.165, 1.54) is 6.42 Å². The molecule has 1 unspecified atom stereocenters. The van der Waals surface area contributed by atoms with Crippen LogP contribution in [0.3, 0.4) is 0 Å². The molecule has 1 N–H and O–H groups in total. The molecule has 0 saturated heterocycles. The Labute approximate surface area is 113 Å². The molecular formula is C12H23N5O2. The van der Waals surface area contributed by atoms with Gasteiger partial charge in [-0.1, -0.05) is 0 Å². The maximum absolute atomic E-state index is 5.62. The zero-order valence-electron chi connectivity index (χ0n) is 11.9. The number of hydrogen-bond donors (Lipinski definition) is 1. The van der Waals surface area contributed by atoms with Gasteiger partial charge in [-0.2, -0.15) is 0 Å². The van der Waals surface area contributed by atoms with Gasteiger partial charge in [0.25, 0.3) is 0 Å². The predicted octanol–water partition coefficient (Wildman–Crippen LogP) is 0.539. The summed E-state index contributed by atoms with van der Waals surface area (Å²) in [5.74, 6) is 0.847. The molecule has 1 heterocycles. The maximum atomic E-state index is 5.62. The van der Waals surface area contributed by atoms with Crippen molar-refractivity contribution >= 4 is 0 Å². The molecule has 19 heavy (non-hydrogen) atoms. The number of nitrogens with one attached hydrogen (secondary N) is 1. The molecule has 0 aliphatic heterocycles. The molecule has 108 valence electrons. The normalized spacial score (nSPS) is 19.1. The van der Waals surface area contributed by atoms with Crippen LogP contribution in [-0.4, -0.2) is 53.2 Å². The summed E-state index contributed by atoms with van der Waals surface area (Å²) in [7, 11) is 3.46. The van der Waals surface area contributed by atoms with E-state index in [1.54, 1.807) is 14.2 Å². The average molecular weight is 269 g/mol. The van der Waals surface area contributed by atoms with Gasteiger partial charge < -0.3 is 14.8 Å². The van der Waals surface area contributed by atoms with Crippen LogP contribution in [0.5, 0.6) is 0 Å². The number of nitrogens with zero attached hydrogens (tertiary/aromatic N) is 4. The minimum absolute atomic E-state index is 0.0730. The van der Waals surface area contributed by atoms with Gasteiger partial charge in [-0.05, 0) is 36.6 Å². The lowest BCUT2D eigenvalue weighted by Gasteiger charge is -2.40. The first-order valence-corrected chi connectivity index (χ1v) is 6.74. The number of tetrazole rings is 1. The van der Waals surface area contributed by atoms with Crippen molar-refractivity contribution in [3.63, 3.8) is 0 Å². The fourth-order valence-electron chi connectivity index (χ4n) is 2.37. The van der Waals surface area contributed by atoms with Crippen LogP contribution in [0.15, 0.2) is 0 Å². The highest BCUT2D eigenvalue weighted by molar-refractivity contribution is 4.95. The van der Waals surface area contributed by atoms with Crippen LogP contribution in [0.4, 0.5) is 0 Å². The average Bonchev–Trinajstić information content (AvgIpc) is 2.82. The quantitative estimate of drug-likeness (QED) is 0.694. The summed E-state index contributed by atoms with van der Waals surface area (Å²) in [5, 5.41) is 15.3. The Kier molecular flexibility index (Phi) is 4.84. The number of methoxy groups -OCH3 is 2. The third-order valence-corrected chi connectivity index (χ3v) is 3.84. The van der Waals surface area contributed by atoms with E-state index in [0.29, 0.717) is 6.61 Å². The van der Waals surface area contributed by atoms with Crippen molar-refractivity contribution < 1.29 is 9.47 Å². The lowest BCUT2D eigenvalue weighted by molar-refractivity contribution is -0.0865. The van der Waals surface area contributed by atoms with Gasteiger partial charge in [0.05, 0.1) is 24.8 Å². The number of ether oxygens (including phenoxy) is 2. The highest BCUT2D eigenvalue weighted by atomic mass is 16.5. The first-order valence-electron chi connectivity index (χ1n) is 6.74. The molecule has 1 aromatic heterocycles. The summed E-state index contributed by atoms with van der Waals surface area (Å²) in [5.41, 5.74) is -0.0730. The van der Waals surface area contributed by atoms with E-state index in [-0.39, 0.29) is 11.6 Å². The van der Waals surface area contributed by atoms with E-state index in [0.717, 1.165) is 31.8 Å². The third kappa shape index (κ3) is 3.29. The van der Waals surface area contributed by atoms with Gasteiger partial charge in [-0.25, -0.2) is 4.68 Å². The van der Waals surface area contributed by atoms with Crippen molar-refractivity contribution in [2.75, 3.05) is 27.4 Å². The molecule has 7 heteroatoms. The number of aromatic nitrogens is 4. The molecule has 0 radical (unpaired) electrons. The number of hydrogen-bond acceptors (Lipinski definition) is 6. The van der Waals surface area contributed by atoms with Crippen LogP contribution in [0.1, 0.15) is 38.1 Å². The topological polar surface area (TPSA) is 74.1 Å². The molecule has 0 bridgehead atoms. The molecule has 1 aliphatic rings. The SMILES string of the molecule is COCCNC(C)c1nnnn1CC1(OC)CCC1. The van der Waals surface area contributed by atoms with E-state index in [1.807, 2.05) is 4.68 Å². The van der Waals surface area contributed by atoms with Crippen LogP contribution in [0.25, 0.3) is 0 Å². The highest BCUT2D eigenvalue weighted by Gasteiger charge is 2.38. The molecule has 0 amide bonds. The van der Waals surface area contributed by atoms with Crippen molar-refractivity contribution in [1.29, 1.82) is 0 Å². The smallest absolute Gasteiger partial charge is 0.168 e. The molecule has 1 atom stereocenters. The second-order valence-electron chi connectivity index (χ2n) is 5.10. The summed E-state index contributed by atoms with van der Waals surface area (Å²) < 4.78 is 12.5. The summed E-state index contributed by atoms with van der Waals surface area (Å²) in [6, 6.07) is 0.0964. The lowest BCUT2D eigenvalue weighted by Crippen LogP contribution is -2.44. The van der Waals surface area contributed by atoms with Crippen LogP contribution in [0, 0.1) is 0 Å². The Hall–Kier alpha value is -1.05. The van der Waals surface area contributed by atoms with E-state index < -0.39 is 0 Å². The second kappa shape index (κ2) is 6.40. The Balaban J connectivity index is 1.96. The zero-order chi connectivity index (χ0) is 13.7. The summed E-state index contributed by atoms with van der Waals surface area (Å²) in [6.07, 6.45) is 3.37. The summed E-state index contributed by atoms with van der Waals surface area (Å²) in [6.45, 7) is 4.23. The first-order chi connectivity index (χ1) is 9.21. The molecule has 2 rings (SSSR count). The van der Waals surface area contributed by atoms with Gasteiger partial charge in [0, 0.05) is 20.8 Å². The lowest BCUT2D eigenvalue weighted by atomic mass is 9.80. The van der Waals surface area contributed by atoms with Crippen molar-refractivity contribution in [1.82, 2.24) is 25.5 Å². The molecule has 1 aromatic rings. The van der Waals surface area contributed by atoms with Gasteiger partial charge >= 0.3 is 0 Å². The van der Waals surface area contributed by atoms with Crippen LogP contribution < -0.4 is 5.32 Å². The van der Waals surface area contributed by atoms with Crippen LogP contribution in [0.2, 0.25) is 0 Å². The summed E-state index contributed by atoms with van der Waals surface area (Å²) in [4.78, 5) is 0. The summed E-state index contributed by atoms with van der Waals surface area (Å²) >= 11 is 0. The van der Waals surface area contributed by atoms with E-state index in [9.17, 15) is 0 Å². The molecular weight excluding hydrogens is 246 g/mol. The van der Waals surface area contributed by atoms with Crippen molar-refractivity contribution in [3.8, 4) is 0 Å². The minimum atomic E-state index is -0.0730. The second-order valence-corrected chi connectivity index (χ2v) is 5.10. The molecule has 1 fully saturated rings. The van der Waals surface area contributed by atoms with Gasteiger partial charge in [0.2, 0.25) is 0 Å². The standard InChI is InChI=1S/C12H23N5O2/c1-10(13-7-8-18-2)11-14-15-16-17(11)9-12(19-3)5-4-6-12/h10,13H,4-9H2,1-3H3. The Morgan fingerprint density at radius 3 is 2.79 bits per heavy atom. The fourth-order valence-corrected chi connectivity index (χ4v) is 2.37. The van der Waals surface area contributed by atoms with Gasteiger partial charge in [0.1, 0.15) is 0 Å². The Morgan fingerprint density at radius 1 is 1.42 bits per heavy atom. The fraction of sp³-hybridized carbons (Fsp3) is 0.917. The minimum Gasteiger partial charge on any atom is -0.383 e.